The van der Waals surface area contributed by atoms with Crippen LogP contribution in [0.4, 0.5) is 36.3 Å². The summed E-state index contributed by atoms with van der Waals surface area (Å²) in [5.74, 6) is 0.318. The number of hydrogen-bond acceptors (Lipinski definition) is 7. The van der Waals surface area contributed by atoms with E-state index in [1.807, 2.05) is 0 Å². The van der Waals surface area contributed by atoms with Crippen molar-refractivity contribution in [1.82, 2.24) is 25.1 Å². The molecule has 1 aliphatic heterocycles. The Morgan fingerprint density at radius 1 is 1.23 bits per heavy atom. The van der Waals surface area contributed by atoms with Gasteiger partial charge in [-0.3, -0.25) is 9.89 Å². The molecule has 3 aromatic rings. The van der Waals surface area contributed by atoms with Gasteiger partial charge in [-0.25, -0.2) is 9.97 Å². The Bertz CT molecular complexity index is 1110. The first kappa shape index (κ1) is 19.6. The third-order valence-electron chi connectivity index (χ3n) is 4.44. The number of carbonyl (C=O) groups excluding carboxylic acids is 1. The number of nitrogens with one attached hydrogen (secondary N) is 4. The molecule has 0 saturated carbocycles. The van der Waals surface area contributed by atoms with E-state index in [0.717, 1.165) is 5.56 Å². The second kappa shape index (κ2) is 7.28. The predicted octanol–water partition coefficient (Wildman–Crippen LogP) is 3.33. The summed E-state index contributed by atoms with van der Waals surface area (Å²) in [6, 6.07) is 4.48. The maximum atomic E-state index is 13.4. The zero-order valence-electron chi connectivity index (χ0n) is 15.9. The van der Waals surface area contributed by atoms with E-state index < -0.39 is 23.6 Å². The Labute approximate surface area is 168 Å². The molecule has 1 aliphatic rings. The molecule has 4 rings (SSSR count). The molecule has 1 aromatic carbocycles. The molecule has 0 fully saturated rings. The number of anilines is 4. The summed E-state index contributed by atoms with van der Waals surface area (Å²) in [6.07, 6.45) is -3.69. The highest BCUT2D eigenvalue weighted by Crippen LogP contribution is 2.35. The van der Waals surface area contributed by atoms with E-state index in [-0.39, 0.29) is 18.3 Å². The lowest BCUT2D eigenvalue weighted by molar-refractivity contribution is -0.137. The number of rotatable bonds is 5. The van der Waals surface area contributed by atoms with E-state index in [4.69, 9.17) is 0 Å². The third kappa shape index (κ3) is 4.02. The van der Waals surface area contributed by atoms with E-state index in [0.29, 0.717) is 29.2 Å². The first-order chi connectivity index (χ1) is 14.2. The Morgan fingerprint density at radius 2 is 2.03 bits per heavy atom. The van der Waals surface area contributed by atoms with Gasteiger partial charge in [0.2, 0.25) is 11.9 Å². The maximum Gasteiger partial charge on any atom is 0.421 e. The first-order valence-electron chi connectivity index (χ1n) is 8.98. The Balaban J connectivity index is 1.61. The van der Waals surface area contributed by atoms with Crippen LogP contribution in [0, 0.1) is 6.92 Å². The van der Waals surface area contributed by atoms with Crippen LogP contribution in [0.15, 0.2) is 24.4 Å². The summed E-state index contributed by atoms with van der Waals surface area (Å²) in [4.78, 5) is 23.4. The quantitative estimate of drug-likeness (QED) is 0.502. The lowest BCUT2D eigenvalue weighted by atomic mass is 10.1. The van der Waals surface area contributed by atoms with Gasteiger partial charge in [-0.15, -0.1) is 0 Å². The van der Waals surface area contributed by atoms with E-state index in [2.05, 4.69) is 41.1 Å². The number of hydrogen-bond donors (Lipinski definition) is 4. The Kier molecular flexibility index (Phi) is 4.76. The van der Waals surface area contributed by atoms with Gasteiger partial charge in [-0.2, -0.15) is 23.3 Å². The van der Waals surface area contributed by atoms with Gasteiger partial charge in [0.15, 0.2) is 5.82 Å². The molecule has 0 aliphatic carbocycles. The van der Waals surface area contributed by atoms with E-state index >= 15 is 0 Å². The van der Waals surface area contributed by atoms with Gasteiger partial charge in [-0.05, 0) is 37.6 Å². The van der Waals surface area contributed by atoms with Crippen LogP contribution in [0.3, 0.4) is 0 Å². The fourth-order valence-corrected chi connectivity index (χ4v) is 3.02. The molecule has 0 bridgehead atoms. The minimum atomic E-state index is -4.64. The lowest BCUT2D eigenvalue weighted by Crippen LogP contribution is -2.17. The van der Waals surface area contributed by atoms with Crippen molar-refractivity contribution >= 4 is 29.0 Å². The zero-order valence-corrected chi connectivity index (χ0v) is 15.9. The van der Waals surface area contributed by atoms with Crippen molar-refractivity contribution in [1.29, 1.82) is 0 Å². The lowest BCUT2D eigenvalue weighted by Gasteiger charge is -2.17. The number of fused-ring (bicyclic) bond motifs is 1. The van der Waals surface area contributed by atoms with Gasteiger partial charge >= 0.3 is 6.18 Å². The smallest absolute Gasteiger partial charge is 0.360 e. The summed E-state index contributed by atoms with van der Waals surface area (Å²) < 4.78 is 40.3. The second-order valence-corrected chi connectivity index (χ2v) is 6.82. The number of aromatic amines is 1. The number of nitrogens with zero attached hydrogens (tertiary/aromatic N) is 4. The monoisotopic (exact) mass is 418 g/mol. The van der Waals surface area contributed by atoms with Crippen LogP contribution in [-0.2, 0) is 17.4 Å². The molecule has 0 spiro atoms. The number of carbonyl (C=O) groups is 1. The minimum Gasteiger partial charge on any atom is -0.360 e. The molecule has 12 heteroatoms. The number of halogens is 3. The van der Waals surface area contributed by atoms with E-state index in [9.17, 15) is 18.0 Å². The highest BCUT2D eigenvalue weighted by molar-refractivity contribution is 5.99. The number of amides is 1. The van der Waals surface area contributed by atoms with Crippen LogP contribution in [0.2, 0.25) is 0 Å². The highest BCUT2D eigenvalue weighted by atomic mass is 19.4. The average molecular weight is 418 g/mol. The predicted molar refractivity (Wildman–Crippen MR) is 102 cm³/mol. The third-order valence-corrected chi connectivity index (χ3v) is 4.44. The molecule has 1 unspecified atom stereocenters. The number of aromatic nitrogens is 5. The Morgan fingerprint density at radius 3 is 2.73 bits per heavy atom. The molecular weight excluding hydrogens is 401 g/mol. The van der Waals surface area contributed by atoms with Gasteiger partial charge < -0.3 is 16.0 Å². The van der Waals surface area contributed by atoms with E-state index in [1.165, 1.54) is 0 Å². The fourth-order valence-electron chi connectivity index (χ4n) is 3.02. The molecule has 9 nitrogen and oxygen atoms in total. The van der Waals surface area contributed by atoms with Crippen LogP contribution in [0.1, 0.15) is 35.7 Å². The van der Waals surface area contributed by atoms with Crippen molar-refractivity contribution in [3.63, 3.8) is 0 Å². The van der Waals surface area contributed by atoms with Crippen molar-refractivity contribution in [2.45, 2.75) is 32.5 Å². The number of benzene rings is 1. The molecule has 30 heavy (non-hydrogen) atoms. The van der Waals surface area contributed by atoms with Crippen molar-refractivity contribution in [3.8, 4) is 0 Å². The second-order valence-electron chi connectivity index (χ2n) is 6.82. The molecular formula is C18H17F3N8O. The summed E-state index contributed by atoms with van der Waals surface area (Å²) in [6.45, 7) is 3.32. The SMILES string of the molecule is Cc1nc(C(C)Nc2nc(Nc3ccc4c(c3)CC(=O)N4)ncc2C(F)(F)F)n[nH]1. The standard InChI is InChI=1S/C18H17F3N8O/c1-8(15-24-9(2)28-29-15)23-16-12(18(19,20)21)7-22-17(27-16)25-11-3-4-13-10(5-11)6-14(30)26-13/h3-5,7-8H,6H2,1-2H3,(H,26,30)(H,24,28,29)(H2,22,23,25,27). The van der Waals surface area contributed by atoms with Crippen LogP contribution in [0.25, 0.3) is 0 Å². The molecule has 4 N–H and O–H groups in total. The molecule has 0 saturated heterocycles. The summed E-state index contributed by atoms with van der Waals surface area (Å²) in [5.41, 5.74) is 1.03. The van der Waals surface area contributed by atoms with Gasteiger partial charge in [-0.1, -0.05) is 0 Å². The zero-order chi connectivity index (χ0) is 21.5. The number of alkyl halides is 3. The first-order valence-corrected chi connectivity index (χ1v) is 8.98. The Hall–Kier alpha value is -3.70. The normalized spacial score (nSPS) is 14.2. The number of aryl methyl sites for hydroxylation is 1. The highest BCUT2D eigenvalue weighted by Gasteiger charge is 2.36. The van der Waals surface area contributed by atoms with E-state index in [1.54, 1.807) is 32.0 Å². The topological polar surface area (TPSA) is 121 Å². The summed E-state index contributed by atoms with van der Waals surface area (Å²) in [5, 5.41) is 14.9. The van der Waals surface area contributed by atoms with Gasteiger partial charge in [0.05, 0.1) is 12.5 Å². The van der Waals surface area contributed by atoms with Crippen molar-refractivity contribution < 1.29 is 18.0 Å². The largest absolute Gasteiger partial charge is 0.421 e. The van der Waals surface area contributed by atoms with Crippen LogP contribution in [0.5, 0.6) is 0 Å². The van der Waals surface area contributed by atoms with Gasteiger partial charge in [0, 0.05) is 17.6 Å². The van der Waals surface area contributed by atoms with Crippen molar-refractivity contribution in [3.05, 3.63) is 47.2 Å². The van der Waals surface area contributed by atoms with Gasteiger partial charge in [0.1, 0.15) is 17.2 Å². The molecule has 1 atom stereocenters. The fraction of sp³-hybridized carbons (Fsp3) is 0.278. The molecule has 2 aromatic heterocycles. The maximum absolute atomic E-state index is 13.4. The molecule has 1 amide bonds. The van der Waals surface area contributed by atoms with Crippen molar-refractivity contribution in [2.24, 2.45) is 0 Å². The number of H-pyrrole nitrogens is 1. The van der Waals surface area contributed by atoms with Crippen LogP contribution in [-0.4, -0.2) is 31.1 Å². The molecule has 0 radical (unpaired) electrons. The van der Waals surface area contributed by atoms with Gasteiger partial charge in [0.25, 0.3) is 0 Å². The van der Waals surface area contributed by atoms with Crippen molar-refractivity contribution in [2.75, 3.05) is 16.0 Å². The summed E-state index contributed by atoms with van der Waals surface area (Å²) >= 11 is 0. The molecule has 156 valence electrons. The minimum absolute atomic E-state index is 0.0268. The average Bonchev–Trinajstić information content (AvgIpc) is 3.25. The molecule has 3 heterocycles. The van der Waals surface area contributed by atoms with Crippen LogP contribution < -0.4 is 16.0 Å². The van der Waals surface area contributed by atoms with Crippen LogP contribution >= 0.6 is 0 Å². The summed E-state index contributed by atoms with van der Waals surface area (Å²) in [7, 11) is 0.